The van der Waals surface area contributed by atoms with Crippen molar-refractivity contribution in [2.24, 2.45) is 11.8 Å². The first-order valence-electron chi connectivity index (χ1n) is 7.63. The molecular weight excluding hydrogens is 246 g/mol. The van der Waals surface area contributed by atoms with Gasteiger partial charge in [0.05, 0.1) is 5.75 Å². The quantitative estimate of drug-likeness (QED) is 0.775. The van der Waals surface area contributed by atoms with Crippen LogP contribution in [-0.4, -0.2) is 20.7 Å². The molecule has 2 saturated carbocycles. The SMILES string of the molecule is O=S(=O)(CCC1CCCC1)NCCC1CCCC1. The Kier molecular flexibility index (Phi) is 5.49. The lowest BCUT2D eigenvalue weighted by Gasteiger charge is -2.12. The fraction of sp³-hybridized carbons (Fsp3) is 1.00. The van der Waals surface area contributed by atoms with Crippen molar-refractivity contribution in [2.75, 3.05) is 12.3 Å². The van der Waals surface area contributed by atoms with Crippen LogP contribution in [0.5, 0.6) is 0 Å². The molecule has 2 fully saturated rings. The van der Waals surface area contributed by atoms with Gasteiger partial charge in [0.15, 0.2) is 0 Å². The van der Waals surface area contributed by atoms with Gasteiger partial charge in [0.25, 0.3) is 0 Å². The lowest BCUT2D eigenvalue weighted by molar-refractivity contribution is 0.490. The van der Waals surface area contributed by atoms with Crippen LogP contribution in [0.15, 0.2) is 0 Å². The molecule has 0 aromatic rings. The molecule has 1 N–H and O–H groups in total. The van der Waals surface area contributed by atoms with Gasteiger partial charge in [0.2, 0.25) is 10.0 Å². The molecule has 0 amide bonds. The minimum atomic E-state index is -3.01. The topological polar surface area (TPSA) is 46.2 Å². The summed E-state index contributed by atoms with van der Waals surface area (Å²) in [5, 5.41) is 0. The molecule has 2 aliphatic rings. The normalized spacial score (nSPS) is 22.9. The monoisotopic (exact) mass is 273 g/mol. The van der Waals surface area contributed by atoms with Crippen LogP contribution in [0.3, 0.4) is 0 Å². The summed E-state index contributed by atoms with van der Waals surface area (Å²) in [6.07, 6.45) is 12.2. The van der Waals surface area contributed by atoms with Crippen LogP contribution in [0.2, 0.25) is 0 Å². The molecule has 0 radical (unpaired) electrons. The minimum absolute atomic E-state index is 0.336. The summed E-state index contributed by atoms with van der Waals surface area (Å²) < 4.78 is 26.5. The molecule has 0 spiro atoms. The van der Waals surface area contributed by atoms with Gasteiger partial charge >= 0.3 is 0 Å². The van der Waals surface area contributed by atoms with Crippen LogP contribution in [0.4, 0.5) is 0 Å². The van der Waals surface area contributed by atoms with Gasteiger partial charge in [0.1, 0.15) is 0 Å². The summed E-state index contributed by atoms with van der Waals surface area (Å²) in [4.78, 5) is 0. The molecule has 0 aromatic heterocycles. The Balaban J connectivity index is 1.60. The van der Waals surface area contributed by atoms with Crippen molar-refractivity contribution in [1.82, 2.24) is 4.72 Å². The van der Waals surface area contributed by atoms with Crippen LogP contribution < -0.4 is 4.72 Å². The largest absolute Gasteiger partial charge is 0.215 e. The van der Waals surface area contributed by atoms with Crippen molar-refractivity contribution in [2.45, 2.75) is 64.2 Å². The van der Waals surface area contributed by atoms with E-state index in [1.54, 1.807) is 0 Å². The molecule has 0 atom stereocenters. The third kappa shape index (κ3) is 4.88. The molecule has 0 aromatic carbocycles. The lowest BCUT2D eigenvalue weighted by Crippen LogP contribution is -2.29. The van der Waals surface area contributed by atoms with Crippen LogP contribution in [0.25, 0.3) is 0 Å². The predicted octanol–water partition coefficient (Wildman–Crippen LogP) is 3.07. The van der Waals surface area contributed by atoms with Gasteiger partial charge in [-0.1, -0.05) is 51.4 Å². The summed E-state index contributed by atoms with van der Waals surface area (Å²) in [5.74, 6) is 1.77. The number of hydrogen-bond acceptors (Lipinski definition) is 2. The van der Waals surface area contributed by atoms with E-state index in [0.717, 1.165) is 18.8 Å². The molecule has 106 valence electrons. The second-order valence-electron chi connectivity index (χ2n) is 6.09. The maximum atomic E-state index is 11.8. The van der Waals surface area contributed by atoms with E-state index in [4.69, 9.17) is 0 Å². The van der Waals surface area contributed by atoms with Crippen LogP contribution in [0.1, 0.15) is 64.2 Å². The minimum Gasteiger partial charge on any atom is -0.215 e. The van der Waals surface area contributed by atoms with Gasteiger partial charge in [-0.05, 0) is 24.7 Å². The molecule has 4 heteroatoms. The van der Waals surface area contributed by atoms with E-state index < -0.39 is 10.0 Å². The van der Waals surface area contributed by atoms with E-state index in [0.29, 0.717) is 18.2 Å². The Labute approximate surface area is 112 Å². The molecule has 0 unspecified atom stereocenters. The van der Waals surface area contributed by atoms with Crippen LogP contribution in [0, 0.1) is 11.8 Å². The average molecular weight is 273 g/mol. The van der Waals surface area contributed by atoms with E-state index in [1.165, 1.54) is 51.4 Å². The van der Waals surface area contributed by atoms with Crippen LogP contribution >= 0.6 is 0 Å². The van der Waals surface area contributed by atoms with E-state index in [9.17, 15) is 8.42 Å². The van der Waals surface area contributed by atoms with E-state index >= 15 is 0 Å². The van der Waals surface area contributed by atoms with E-state index in [1.807, 2.05) is 0 Å². The summed E-state index contributed by atoms with van der Waals surface area (Å²) in [5.41, 5.74) is 0. The van der Waals surface area contributed by atoms with Crippen molar-refractivity contribution in [1.29, 1.82) is 0 Å². The van der Waals surface area contributed by atoms with Gasteiger partial charge in [-0.25, -0.2) is 13.1 Å². The standard InChI is InChI=1S/C14H27NO2S/c16-18(17,12-10-14-7-3-4-8-14)15-11-9-13-5-1-2-6-13/h13-15H,1-12H2. The smallest absolute Gasteiger partial charge is 0.211 e. The Bertz CT molecular complexity index is 328. The van der Waals surface area contributed by atoms with Crippen molar-refractivity contribution in [3.05, 3.63) is 0 Å². The highest BCUT2D eigenvalue weighted by Gasteiger charge is 2.19. The summed E-state index contributed by atoms with van der Waals surface area (Å²) in [7, 11) is -3.01. The van der Waals surface area contributed by atoms with Crippen LogP contribution in [-0.2, 0) is 10.0 Å². The molecule has 2 rings (SSSR count). The van der Waals surface area contributed by atoms with Crippen molar-refractivity contribution in [3.8, 4) is 0 Å². The molecule has 3 nitrogen and oxygen atoms in total. The second kappa shape index (κ2) is 6.90. The Hall–Kier alpha value is -0.0900. The third-order valence-corrected chi connectivity index (χ3v) is 6.04. The van der Waals surface area contributed by atoms with Crippen molar-refractivity contribution >= 4 is 10.0 Å². The summed E-state index contributed by atoms with van der Waals surface area (Å²) in [6, 6.07) is 0. The second-order valence-corrected chi connectivity index (χ2v) is 8.02. The third-order valence-electron chi connectivity index (χ3n) is 4.62. The highest BCUT2D eigenvalue weighted by atomic mass is 32.2. The number of nitrogens with one attached hydrogen (secondary N) is 1. The number of hydrogen-bond donors (Lipinski definition) is 1. The Morgan fingerprint density at radius 1 is 0.833 bits per heavy atom. The zero-order chi connectivity index (χ0) is 12.8. The number of rotatable bonds is 7. The first-order chi connectivity index (χ1) is 8.66. The highest BCUT2D eigenvalue weighted by molar-refractivity contribution is 7.89. The van der Waals surface area contributed by atoms with Gasteiger partial charge < -0.3 is 0 Å². The molecule has 0 heterocycles. The van der Waals surface area contributed by atoms with Crippen molar-refractivity contribution in [3.63, 3.8) is 0 Å². The van der Waals surface area contributed by atoms with Gasteiger partial charge in [-0.3, -0.25) is 0 Å². The van der Waals surface area contributed by atoms with E-state index in [-0.39, 0.29) is 0 Å². The first kappa shape index (κ1) is 14.3. The highest BCUT2D eigenvalue weighted by Crippen LogP contribution is 2.28. The predicted molar refractivity (Wildman–Crippen MR) is 74.9 cm³/mol. The summed E-state index contributed by atoms with van der Waals surface area (Å²) >= 11 is 0. The van der Waals surface area contributed by atoms with Gasteiger partial charge in [-0.2, -0.15) is 0 Å². The molecule has 0 saturated heterocycles. The lowest BCUT2D eigenvalue weighted by atomic mass is 10.1. The average Bonchev–Trinajstić information content (AvgIpc) is 2.99. The molecule has 2 aliphatic carbocycles. The van der Waals surface area contributed by atoms with Gasteiger partial charge in [-0.15, -0.1) is 0 Å². The zero-order valence-corrected chi connectivity index (χ0v) is 12.2. The van der Waals surface area contributed by atoms with Crippen molar-refractivity contribution < 1.29 is 8.42 Å². The number of sulfonamides is 1. The Morgan fingerprint density at radius 2 is 1.33 bits per heavy atom. The Morgan fingerprint density at radius 3 is 1.89 bits per heavy atom. The first-order valence-corrected chi connectivity index (χ1v) is 9.28. The molecule has 0 bridgehead atoms. The molecular formula is C14H27NO2S. The fourth-order valence-corrected chi connectivity index (χ4v) is 4.63. The van der Waals surface area contributed by atoms with Gasteiger partial charge in [0, 0.05) is 6.54 Å². The molecule has 18 heavy (non-hydrogen) atoms. The molecule has 0 aliphatic heterocycles. The fourth-order valence-electron chi connectivity index (χ4n) is 3.41. The van der Waals surface area contributed by atoms with E-state index in [2.05, 4.69) is 4.72 Å². The maximum Gasteiger partial charge on any atom is 0.211 e. The zero-order valence-electron chi connectivity index (χ0n) is 11.4. The maximum absolute atomic E-state index is 11.8. The summed E-state index contributed by atoms with van der Waals surface area (Å²) in [6.45, 7) is 0.650.